The highest BCUT2D eigenvalue weighted by molar-refractivity contribution is 5.91. The first kappa shape index (κ1) is 10.3. The molecule has 1 aromatic carbocycles. The number of esters is 1. The first-order valence-corrected chi connectivity index (χ1v) is 4.25. The van der Waals surface area contributed by atoms with Gasteiger partial charge in [-0.3, -0.25) is 0 Å². The lowest BCUT2D eigenvalue weighted by Crippen LogP contribution is -2.02. The monoisotopic (exact) mass is 191 g/mol. The second-order valence-corrected chi connectivity index (χ2v) is 2.75. The smallest absolute Gasteiger partial charge is 0.337 e. The van der Waals surface area contributed by atoms with Crippen LogP contribution in [0.1, 0.15) is 15.9 Å². The minimum atomic E-state index is -0.336. The van der Waals surface area contributed by atoms with Crippen LogP contribution in [0.15, 0.2) is 24.8 Å². The zero-order valence-corrected chi connectivity index (χ0v) is 8.33. The van der Waals surface area contributed by atoms with Crippen LogP contribution in [0.25, 0.3) is 6.08 Å². The molecule has 0 heterocycles. The third-order valence-corrected chi connectivity index (χ3v) is 1.96. The Morgan fingerprint density at radius 2 is 2.29 bits per heavy atom. The van der Waals surface area contributed by atoms with E-state index in [1.54, 1.807) is 25.3 Å². The zero-order valence-electron chi connectivity index (χ0n) is 8.33. The van der Waals surface area contributed by atoms with E-state index in [9.17, 15) is 4.79 Å². The lowest BCUT2D eigenvalue weighted by atomic mass is 10.1. The van der Waals surface area contributed by atoms with E-state index in [1.165, 1.54) is 7.11 Å². The summed E-state index contributed by atoms with van der Waals surface area (Å²) in [4.78, 5) is 11.2. The van der Waals surface area contributed by atoms with Crippen LogP contribution in [0, 0.1) is 0 Å². The molecule has 0 fully saturated rings. The largest absolute Gasteiger partial charge is 0.465 e. The molecule has 0 aliphatic carbocycles. The fourth-order valence-corrected chi connectivity index (χ4v) is 1.20. The number of hydrogen-bond acceptors (Lipinski definition) is 3. The van der Waals surface area contributed by atoms with Crippen LogP contribution in [0.2, 0.25) is 0 Å². The first-order valence-electron chi connectivity index (χ1n) is 4.25. The van der Waals surface area contributed by atoms with Gasteiger partial charge in [-0.05, 0) is 17.7 Å². The Morgan fingerprint density at radius 1 is 1.57 bits per heavy atom. The van der Waals surface area contributed by atoms with Crippen LogP contribution >= 0.6 is 0 Å². The summed E-state index contributed by atoms with van der Waals surface area (Å²) < 4.78 is 4.62. The maximum atomic E-state index is 11.2. The summed E-state index contributed by atoms with van der Waals surface area (Å²) in [6.07, 6.45) is 1.73. The Hall–Kier alpha value is -1.77. The summed E-state index contributed by atoms with van der Waals surface area (Å²) in [5.41, 5.74) is 2.35. The zero-order chi connectivity index (χ0) is 10.6. The van der Waals surface area contributed by atoms with Gasteiger partial charge >= 0.3 is 5.97 Å². The fourth-order valence-electron chi connectivity index (χ4n) is 1.20. The van der Waals surface area contributed by atoms with Crippen molar-refractivity contribution in [2.75, 3.05) is 19.5 Å². The van der Waals surface area contributed by atoms with Crippen molar-refractivity contribution in [2.24, 2.45) is 0 Å². The number of hydrogen-bond donors (Lipinski definition) is 1. The average molecular weight is 191 g/mol. The van der Waals surface area contributed by atoms with Crippen LogP contribution in [-0.4, -0.2) is 20.1 Å². The maximum absolute atomic E-state index is 11.2. The van der Waals surface area contributed by atoms with E-state index in [0.717, 1.165) is 11.3 Å². The second-order valence-electron chi connectivity index (χ2n) is 2.75. The van der Waals surface area contributed by atoms with Crippen molar-refractivity contribution in [1.29, 1.82) is 0 Å². The van der Waals surface area contributed by atoms with E-state index in [2.05, 4.69) is 16.6 Å². The Morgan fingerprint density at radius 3 is 2.79 bits per heavy atom. The summed E-state index contributed by atoms with van der Waals surface area (Å²) in [5.74, 6) is -0.336. The molecule has 3 heteroatoms. The van der Waals surface area contributed by atoms with Crippen molar-refractivity contribution in [2.45, 2.75) is 0 Å². The molecule has 0 aliphatic rings. The van der Waals surface area contributed by atoms with E-state index in [4.69, 9.17) is 0 Å². The van der Waals surface area contributed by atoms with Crippen molar-refractivity contribution in [3.63, 3.8) is 0 Å². The van der Waals surface area contributed by atoms with Gasteiger partial charge < -0.3 is 10.1 Å². The van der Waals surface area contributed by atoms with E-state index < -0.39 is 0 Å². The number of nitrogens with one attached hydrogen (secondary N) is 1. The highest BCUT2D eigenvalue weighted by atomic mass is 16.5. The van der Waals surface area contributed by atoms with Gasteiger partial charge in [-0.25, -0.2) is 4.79 Å². The van der Waals surface area contributed by atoms with Gasteiger partial charge in [0.1, 0.15) is 0 Å². The molecule has 0 atom stereocenters. The molecule has 0 unspecified atom stereocenters. The van der Waals surface area contributed by atoms with Crippen LogP contribution in [0.3, 0.4) is 0 Å². The second kappa shape index (κ2) is 4.46. The Balaban J connectivity index is 3.13. The molecule has 14 heavy (non-hydrogen) atoms. The lowest BCUT2D eigenvalue weighted by Gasteiger charge is -2.07. The van der Waals surface area contributed by atoms with Crippen LogP contribution in [0.5, 0.6) is 0 Å². The van der Waals surface area contributed by atoms with Gasteiger partial charge in [-0.2, -0.15) is 0 Å². The molecule has 0 aromatic heterocycles. The van der Waals surface area contributed by atoms with Crippen molar-refractivity contribution in [1.82, 2.24) is 0 Å². The normalized spacial score (nSPS) is 9.29. The maximum Gasteiger partial charge on any atom is 0.337 e. The SMILES string of the molecule is C=Cc1ccc(C(=O)OC)cc1NC. The number of rotatable bonds is 3. The molecule has 0 bridgehead atoms. The summed E-state index contributed by atoms with van der Waals surface area (Å²) in [6.45, 7) is 3.68. The topological polar surface area (TPSA) is 38.3 Å². The molecule has 0 amide bonds. The summed E-state index contributed by atoms with van der Waals surface area (Å²) >= 11 is 0. The molecule has 3 nitrogen and oxygen atoms in total. The predicted molar refractivity (Wildman–Crippen MR) is 57.4 cm³/mol. The van der Waals surface area contributed by atoms with Gasteiger partial charge in [0.05, 0.1) is 12.7 Å². The quantitative estimate of drug-likeness (QED) is 0.744. The third kappa shape index (κ3) is 1.93. The van der Waals surface area contributed by atoms with Crippen LogP contribution in [0.4, 0.5) is 5.69 Å². The van der Waals surface area contributed by atoms with Crippen molar-refractivity contribution >= 4 is 17.7 Å². The van der Waals surface area contributed by atoms with Gasteiger partial charge in [0.2, 0.25) is 0 Å². The molecule has 0 saturated heterocycles. The Kier molecular flexibility index (Phi) is 3.29. The molecule has 1 N–H and O–H groups in total. The highest BCUT2D eigenvalue weighted by Gasteiger charge is 2.07. The lowest BCUT2D eigenvalue weighted by molar-refractivity contribution is 0.0601. The highest BCUT2D eigenvalue weighted by Crippen LogP contribution is 2.18. The molecule has 74 valence electrons. The van der Waals surface area contributed by atoms with E-state index in [1.807, 2.05) is 6.07 Å². The Bertz CT molecular complexity index is 358. The summed E-state index contributed by atoms with van der Waals surface area (Å²) in [5, 5.41) is 2.99. The van der Waals surface area contributed by atoms with Gasteiger partial charge in [0, 0.05) is 12.7 Å². The minimum absolute atomic E-state index is 0.336. The number of ether oxygens (including phenoxy) is 1. The molecule has 1 aromatic rings. The number of anilines is 1. The van der Waals surface area contributed by atoms with Gasteiger partial charge in [-0.15, -0.1) is 0 Å². The third-order valence-electron chi connectivity index (χ3n) is 1.96. The minimum Gasteiger partial charge on any atom is -0.465 e. The predicted octanol–water partition coefficient (Wildman–Crippen LogP) is 2.16. The standard InChI is InChI=1S/C11H13NO2/c1-4-8-5-6-9(11(13)14-3)7-10(8)12-2/h4-7,12H,1H2,2-3H3. The van der Waals surface area contributed by atoms with Gasteiger partial charge in [-0.1, -0.05) is 18.7 Å². The Labute approximate surface area is 83.4 Å². The van der Waals surface area contributed by atoms with E-state index >= 15 is 0 Å². The summed E-state index contributed by atoms with van der Waals surface area (Å²) in [6, 6.07) is 5.28. The van der Waals surface area contributed by atoms with E-state index in [-0.39, 0.29) is 5.97 Å². The molecule has 0 saturated carbocycles. The molecule has 0 spiro atoms. The van der Waals surface area contributed by atoms with Crippen molar-refractivity contribution in [3.8, 4) is 0 Å². The van der Waals surface area contributed by atoms with Crippen molar-refractivity contribution < 1.29 is 9.53 Å². The number of methoxy groups -OCH3 is 1. The van der Waals surface area contributed by atoms with Gasteiger partial charge in [0.25, 0.3) is 0 Å². The van der Waals surface area contributed by atoms with Crippen LogP contribution in [-0.2, 0) is 4.74 Å². The van der Waals surface area contributed by atoms with Gasteiger partial charge in [0.15, 0.2) is 0 Å². The first-order chi connectivity index (χ1) is 6.72. The average Bonchev–Trinajstić information content (AvgIpc) is 2.26. The number of carbonyl (C=O) groups is 1. The molecule has 1 rings (SSSR count). The van der Waals surface area contributed by atoms with Crippen molar-refractivity contribution in [3.05, 3.63) is 35.9 Å². The molecule has 0 radical (unpaired) electrons. The van der Waals surface area contributed by atoms with Crippen LogP contribution < -0.4 is 5.32 Å². The fraction of sp³-hybridized carbons (Fsp3) is 0.182. The summed E-state index contributed by atoms with van der Waals surface area (Å²) in [7, 11) is 3.16. The molecular weight excluding hydrogens is 178 g/mol. The molecule has 0 aliphatic heterocycles. The molecular formula is C11H13NO2. The van der Waals surface area contributed by atoms with E-state index in [0.29, 0.717) is 5.56 Å². The number of benzene rings is 1. The number of carbonyl (C=O) groups excluding carboxylic acids is 1.